The summed E-state index contributed by atoms with van der Waals surface area (Å²) in [5.41, 5.74) is 0.699. The molecular formula is C24H20FNO7S. The maximum Gasteiger partial charge on any atom is 0.340 e. The summed E-state index contributed by atoms with van der Waals surface area (Å²) >= 11 is 0. The molecule has 0 saturated heterocycles. The molecule has 4 rings (SSSR count). The standard InChI is InChI=1S/C24H20FNO7S/c1-26(34(3,29)30)18-13-20-16(12-21(18)31-2)22(24(27)28)23(33-20)14-8-10-15(11-9-14)32-19-7-5-4-6-17(19)25/h4-13H,1-3H3,(H,27,28). The number of methoxy groups -OCH3 is 1. The molecule has 3 aromatic carbocycles. The minimum Gasteiger partial charge on any atom is -0.495 e. The van der Waals surface area contributed by atoms with Crippen molar-refractivity contribution in [1.82, 2.24) is 0 Å². The molecule has 0 fully saturated rings. The SMILES string of the molecule is COc1cc2c(C(=O)O)c(-c3ccc(Oc4ccccc4F)cc3)oc2cc1N(C)S(C)(=O)=O. The van der Waals surface area contributed by atoms with Crippen molar-refractivity contribution in [3.8, 4) is 28.6 Å². The largest absolute Gasteiger partial charge is 0.495 e. The van der Waals surface area contributed by atoms with Crippen molar-refractivity contribution in [1.29, 1.82) is 0 Å². The molecule has 1 N–H and O–H groups in total. The Morgan fingerprint density at radius 3 is 2.32 bits per heavy atom. The van der Waals surface area contributed by atoms with Crippen molar-refractivity contribution < 1.29 is 36.6 Å². The second kappa shape index (κ2) is 8.71. The van der Waals surface area contributed by atoms with Gasteiger partial charge in [-0.1, -0.05) is 12.1 Å². The molecule has 0 atom stereocenters. The number of fused-ring (bicyclic) bond motifs is 1. The average Bonchev–Trinajstić information content (AvgIpc) is 3.17. The molecule has 8 nitrogen and oxygen atoms in total. The van der Waals surface area contributed by atoms with E-state index in [1.54, 1.807) is 36.4 Å². The predicted molar refractivity (Wildman–Crippen MR) is 125 cm³/mol. The molecule has 4 aromatic rings. The number of carboxylic acids is 1. The summed E-state index contributed by atoms with van der Waals surface area (Å²) in [6.07, 6.45) is 1.04. The lowest BCUT2D eigenvalue weighted by Crippen LogP contribution is -2.25. The Labute approximate surface area is 194 Å². The summed E-state index contributed by atoms with van der Waals surface area (Å²) in [5, 5.41) is 10.1. The molecule has 0 aliphatic rings. The summed E-state index contributed by atoms with van der Waals surface area (Å²) in [6, 6.07) is 15.1. The minimum absolute atomic E-state index is 0.0554. The molecule has 176 valence electrons. The zero-order chi connectivity index (χ0) is 24.6. The Kier molecular flexibility index (Phi) is 5.92. The van der Waals surface area contributed by atoms with Crippen LogP contribution >= 0.6 is 0 Å². The van der Waals surface area contributed by atoms with Crippen molar-refractivity contribution in [2.75, 3.05) is 24.7 Å². The first kappa shape index (κ1) is 23.1. The van der Waals surface area contributed by atoms with E-state index in [0.29, 0.717) is 11.3 Å². The van der Waals surface area contributed by atoms with Crippen LogP contribution in [-0.4, -0.2) is 39.9 Å². The van der Waals surface area contributed by atoms with Gasteiger partial charge >= 0.3 is 5.97 Å². The number of furan rings is 1. The lowest BCUT2D eigenvalue weighted by atomic mass is 10.0. The monoisotopic (exact) mass is 485 g/mol. The highest BCUT2D eigenvalue weighted by Crippen LogP contribution is 2.41. The van der Waals surface area contributed by atoms with Crippen molar-refractivity contribution in [2.45, 2.75) is 0 Å². The quantitative estimate of drug-likeness (QED) is 0.387. The van der Waals surface area contributed by atoms with Crippen LogP contribution in [0.1, 0.15) is 10.4 Å². The number of ether oxygens (including phenoxy) is 2. The number of nitrogens with zero attached hydrogens (tertiary/aromatic N) is 1. The van der Waals surface area contributed by atoms with Gasteiger partial charge in [0.05, 0.1) is 19.1 Å². The number of carboxylic acid groups (broad SMARTS) is 1. The Balaban J connectivity index is 1.80. The summed E-state index contributed by atoms with van der Waals surface area (Å²) in [4.78, 5) is 12.1. The van der Waals surface area contributed by atoms with Crippen molar-refractivity contribution >= 4 is 32.6 Å². The van der Waals surface area contributed by atoms with E-state index in [-0.39, 0.29) is 39.5 Å². The third-order valence-electron chi connectivity index (χ3n) is 5.22. The molecule has 0 bridgehead atoms. The molecule has 1 aromatic heterocycles. The molecule has 0 saturated carbocycles. The number of benzene rings is 3. The van der Waals surface area contributed by atoms with Crippen molar-refractivity contribution in [2.24, 2.45) is 0 Å². The van der Waals surface area contributed by atoms with Crippen LogP contribution in [-0.2, 0) is 10.0 Å². The fourth-order valence-corrected chi connectivity index (χ4v) is 3.94. The normalized spacial score (nSPS) is 11.4. The lowest BCUT2D eigenvalue weighted by molar-refractivity contribution is 0.0699. The van der Waals surface area contributed by atoms with Gasteiger partial charge in [0, 0.05) is 24.1 Å². The Hall–Kier alpha value is -4.05. The fraction of sp³-hybridized carbons (Fsp3) is 0.125. The fourth-order valence-electron chi connectivity index (χ4n) is 3.44. The zero-order valence-corrected chi connectivity index (χ0v) is 19.2. The van der Waals surface area contributed by atoms with Crippen LogP contribution in [0.5, 0.6) is 17.2 Å². The van der Waals surface area contributed by atoms with Crippen LogP contribution in [0.15, 0.2) is 65.1 Å². The smallest absolute Gasteiger partial charge is 0.340 e. The second-order valence-corrected chi connectivity index (χ2v) is 9.43. The molecule has 0 aliphatic carbocycles. The van der Waals surface area contributed by atoms with E-state index < -0.39 is 21.8 Å². The van der Waals surface area contributed by atoms with E-state index in [1.165, 1.54) is 38.4 Å². The number of hydrogen-bond acceptors (Lipinski definition) is 6. The van der Waals surface area contributed by atoms with Gasteiger partial charge in [-0.05, 0) is 42.5 Å². The number of hydrogen-bond donors (Lipinski definition) is 1. The van der Waals surface area contributed by atoms with Crippen molar-refractivity contribution in [3.05, 3.63) is 72.0 Å². The van der Waals surface area contributed by atoms with E-state index in [0.717, 1.165) is 10.6 Å². The first-order chi connectivity index (χ1) is 16.1. The van der Waals surface area contributed by atoms with Crippen LogP contribution in [0.2, 0.25) is 0 Å². The molecule has 10 heteroatoms. The third kappa shape index (κ3) is 4.27. The number of halogens is 1. The first-order valence-corrected chi connectivity index (χ1v) is 11.8. The number of para-hydroxylation sites is 1. The van der Waals surface area contributed by atoms with Crippen LogP contribution in [0.4, 0.5) is 10.1 Å². The summed E-state index contributed by atoms with van der Waals surface area (Å²) in [6.45, 7) is 0. The van der Waals surface area contributed by atoms with Gasteiger partial charge in [0.2, 0.25) is 10.0 Å². The Bertz CT molecular complexity index is 1490. The molecule has 34 heavy (non-hydrogen) atoms. The zero-order valence-electron chi connectivity index (χ0n) is 18.4. The van der Waals surface area contributed by atoms with Gasteiger partial charge < -0.3 is 19.0 Å². The number of sulfonamides is 1. The third-order valence-corrected chi connectivity index (χ3v) is 6.41. The number of anilines is 1. The maximum absolute atomic E-state index is 13.8. The van der Waals surface area contributed by atoms with Gasteiger partial charge in [-0.3, -0.25) is 4.31 Å². The van der Waals surface area contributed by atoms with Gasteiger partial charge in [0.25, 0.3) is 0 Å². The molecule has 0 unspecified atom stereocenters. The molecule has 0 amide bonds. The van der Waals surface area contributed by atoms with Gasteiger partial charge in [-0.25, -0.2) is 17.6 Å². The Morgan fingerprint density at radius 2 is 1.74 bits per heavy atom. The highest BCUT2D eigenvalue weighted by atomic mass is 32.2. The summed E-state index contributed by atoms with van der Waals surface area (Å²) < 4.78 is 55.7. The van der Waals surface area contributed by atoms with Crippen LogP contribution < -0.4 is 13.8 Å². The van der Waals surface area contributed by atoms with E-state index in [9.17, 15) is 22.7 Å². The molecule has 0 radical (unpaired) electrons. The van der Waals surface area contributed by atoms with E-state index in [1.807, 2.05) is 0 Å². The highest BCUT2D eigenvalue weighted by molar-refractivity contribution is 7.92. The Morgan fingerprint density at radius 1 is 1.06 bits per heavy atom. The average molecular weight is 485 g/mol. The van der Waals surface area contributed by atoms with E-state index >= 15 is 0 Å². The first-order valence-electron chi connectivity index (χ1n) is 9.94. The van der Waals surface area contributed by atoms with E-state index in [2.05, 4.69) is 0 Å². The van der Waals surface area contributed by atoms with Gasteiger partial charge in [0.15, 0.2) is 11.6 Å². The predicted octanol–water partition coefficient (Wildman–Crippen LogP) is 5.13. The van der Waals surface area contributed by atoms with E-state index in [4.69, 9.17) is 13.9 Å². The maximum atomic E-state index is 13.8. The number of aromatic carboxylic acids is 1. The summed E-state index contributed by atoms with van der Waals surface area (Å²) in [5.74, 6) is -1.10. The number of rotatable bonds is 7. The molecular weight excluding hydrogens is 465 g/mol. The van der Waals surface area contributed by atoms with Crippen molar-refractivity contribution in [3.63, 3.8) is 0 Å². The lowest BCUT2D eigenvalue weighted by Gasteiger charge is -2.19. The van der Waals surface area contributed by atoms with Crippen LogP contribution in [0.25, 0.3) is 22.3 Å². The molecule has 0 spiro atoms. The number of carbonyl (C=O) groups is 1. The highest BCUT2D eigenvalue weighted by Gasteiger charge is 2.26. The van der Waals surface area contributed by atoms with Gasteiger partial charge in [-0.15, -0.1) is 0 Å². The molecule has 1 heterocycles. The topological polar surface area (TPSA) is 106 Å². The van der Waals surface area contributed by atoms with Crippen LogP contribution in [0, 0.1) is 5.82 Å². The summed E-state index contributed by atoms with van der Waals surface area (Å²) in [7, 11) is -0.894. The minimum atomic E-state index is -3.61. The van der Waals surface area contributed by atoms with Gasteiger partial charge in [0.1, 0.15) is 28.4 Å². The van der Waals surface area contributed by atoms with Crippen LogP contribution in [0.3, 0.4) is 0 Å². The van der Waals surface area contributed by atoms with Gasteiger partial charge in [-0.2, -0.15) is 0 Å². The second-order valence-electron chi connectivity index (χ2n) is 7.42. The molecule has 0 aliphatic heterocycles.